The first-order valence-corrected chi connectivity index (χ1v) is 11.9. The van der Waals surface area contributed by atoms with E-state index in [9.17, 15) is 4.21 Å². The molecule has 0 amide bonds. The molecule has 0 aliphatic heterocycles. The fraction of sp³-hybridized carbons (Fsp3) is 0.455. The molecule has 7 nitrogen and oxygen atoms in total. The first kappa shape index (κ1) is 20.8. The van der Waals surface area contributed by atoms with E-state index < -0.39 is 11.0 Å². The van der Waals surface area contributed by atoms with E-state index in [0.29, 0.717) is 12.4 Å². The van der Waals surface area contributed by atoms with Crippen LogP contribution in [-0.2, 0) is 17.5 Å². The normalized spacial score (nSPS) is 16.0. The van der Waals surface area contributed by atoms with Crippen LogP contribution in [0.15, 0.2) is 30.6 Å². The number of hydrogen-bond acceptors (Lipinski definition) is 4. The lowest BCUT2D eigenvalue weighted by Gasteiger charge is -2.24. The molecule has 1 unspecified atom stereocenters. The zero-order valence-corrected chi connectivity index (χ0v) is 18.6. The number of aromatic amines is 1. The minimum Gasteiger partial charge on any atom is -0.474 e. The van der Waals surface area contributed by atoms with Crippen LogP contribution in [0.5, 0.6) is 5.88 Å². The molecular weight excluding hydrogens is 400 g/mol. The van der Waals surface area contributed by atoms with Crippen LogP contribution in [0.25, 0.3) is 22.2 Å². The Kier molecular flexibility index (Phi) is 6.34. The van der Waals surface area contributed by atoms with Crippen LogP contribution in [-0.4, -0.2) is 33.6 Å². The molecule has 2 N–H and O–H groups in total. The van der Waals surface area contributed by atoms with Crippen molar-refractivity contribution in [1.82, 2.24) is 14.7 Å². The van der Waals surface area contributed by atoms with Gasteiger partial charge in [0, 0.05) is 37.0 Å². The van der Waals surface area contributed by atoms with Crippen molar-refractivity contribution in [3.63, 3.8) is 0 Å². The molecular formula is C22H29N4O3S+. The van der Waals surface area contributed by atoms with Crippen molar-refractivity contribution in [2.24, 2.45) is 0 Å². The highest BCUT2D eigenvalue weighted by molar-refractivity contribution is 7.82. The van der Waals surface area contributed by atoms with Gasteiger partial charge in [0.15, 0.2) is 0 Å². The number of rotatable bonds is 7. The summed E-state index contributed by atoms with van der Waals surface area (Å²) in [5, 5.41) is 1.03. The maximum Gasteiger partial charge on any atom is 0.326 e. The lowest BCUT2D eigenvalue weighted by atomic mass is 9.97. The molecule has 0 aromatic carbocycles. The quantitative estimate of drug-likeness (QED) is 0.566. The van der Waals surface area contributed by atoms with E-state index in [2.05, 4.69) is 26.8 Å². The minimum atomic E-state index is -1.09. The van der Waals surface area contributed by atoms with Gasteiger partial charge in [-0.3, -0.25) is 0 Å². The summed E-state index contributed by atoms with van der Waals surface area (Å²) < 4.78 is 22.6. The highest BCUT2D eigenvalue weighted by Gasteiger charge is 2.23. The average molecular weight is 430 g/mol. The summed E-state index contributed by atoms with van der Waals surface area (Å²) in [6.07, 6.45) is 11.3. The van der Waals surface area contributed by atoms with Gasteiger partial charge >= 0.3 is 5.65 Å². The number of ether oxygens (including phenoxy) is 1. The molecule has 3 aromatic heterocycles. The van der Waals surface area contributed by atoms with Gasteiger partial charge in [0.05, 0.1) is 22.6 Å². The Morgan fingerprint density at radius 2 is 2.07 bits per heavy atom. The zero-order chi connectivity index (χ0) is 21.1. The number of aromatic nitrogens is 3. The van der Waals surface area contributed by atoms with Crippen LogP contribution in [0.1, 0.15) is 43.4 Å². The van der Waals surface area contributed by atoms with E-state index in [-0.39, 0.29) is 6.10 Å². The number of nitrogens with zero attached hydrogens (tertiary/aromatic N) is 2. The second kappa shape index (κ2) is 9.14. The first-order valence-electron chi connectivity index (χ1n) is 10.4. The third-order valence-corrected chi connectivity index (χ3v) is 6.13. The van der Waals surface area contributed by atoms with Crippen molar-refractivity contribution in [2.45, 2.75) is 51.7 Å². The molecule has 4 rings (SSSR count). The van der Waals surface area contributed by atoms with E-state index in [1.165, 1.54) is 19.3 Å². The summed E-state index contributed by atoms with van der Waals surface area (Å²) in [4.78, 5) is 13.5. The van der Waals surface area contributed by atoms with Crippen molar-refractivity contribution in [3.8, 4) is 17.0 Å². The van der Waals surface area contributed by atoms with Crippen LogP contribution in [0.3, 0.4) is 0 Å². The maximum absolute atomic E-state index is 11.5. The second-order valence-corrected chi connectivity index (χ2v) is 8.96. The first-order chi connectivity index (χ1) is 14.6. The van der Waals surface area contributed by atoms with Crippen LogP contribution >= 0.6 is 0 Å². The van der Waals surface area contributed by atoms with Gasteiger partial charge in [0.1, 0.15) is 18.9 Å². The second-order valence-electron chi connectivity index (χ2n) is 7.77. The molecule has 0 radical (unpaired) electrons. The highest BCUT2D eigenvalue weighted by Crippen LogP contribution is 2.35. The Morgan fingerprint density at radius 1 is 1.27 bits per heavy atom. The molecule has 1 aliphatic rings. The van der Waals surface area contributed by atoms with Crippen molar-refractivity contribution >= 4 is 22.0 Å². The number of pyridine rings is 2. The fourth-order valence-corrected chi connectivity index (χ4v) is 4.50. The van der Waals surface area contributed by atoms with Gasteiger partial charge in [-0.15, -0.1) is 0 Å². The Bertz CT molecular complexity index is 1060. The van der Waals surface area contributed by atoms with Gasteiger partial charge in [0.2, 0.25) is 5.88 Å². The zero-order valence-electron chi connectivity index (χ0n) is 17.7. The van der Waals surface area contributed by atoms with Crippen LogP contribution in [0.2, 0.25) is 0 Å². The van der Waals surface area contributed by atoms with Gasteiger partial charge in [-0.1, -0.05) is 6.42 Å². The Labute approximate surface area is 179 Å². The van der Waals surface area contributed by atoms with Gasteiger partial charge < -0.3 is 9.57 Å². The molecule has 1 fully saturated rings. The molecule has 1 atom stereocenters. The maximum atomic E-state index is 11.5. The van der Waals surface area contributed by atoms with Crippen molar-refractivity contribution in [3.05, 3.63) is 41.9 Å². The molecule has 1 saturated carbocycles. The van der Waals surface area contributed by atoms with E-state index in [4.69, 9.17) is 9.57 Å². The summed E-state index contributed by atoms with van der Waals surface area (Å²) >= 11 is 0. The van der Waals surface area contributed by atoms with E-state index in [1.54, 1.807) is 24.3 Å². The molecule has 160 valence electrons. The van der Waals surface area contributed by atoms with Gasteiger partial charge in [-0.25, -0.2) is 18.9 Å². The average Bonchev–Trinajstić information content (AvgIpc) is 3.23. The molecule has 0 spiro atoms. The van der Waals surface area contributed by atoms with Crippen molar-refractivity contribution < 1.29 is 18.5 Å². The monoisotopic (exact) mass is 429 g/mol. The van der Waals surface area contributed by atoms with Crippen LogP contribution in [0, 0.1) is 6.92 Å². The molecule has 0 saturated heterocycles. The topological polar surface area (TPSA) is 80.1 Å². The molecule has 0 bridgehead atoms. The number of aryl methyl sites for hydroxylation is 1. The molecule has 1 aliphatic carbocycles. The Morgan fingerprint density at radius 3 is 2.80 bits per heavy atom. The molecule has 8 heteroatoms. The Balaban J connectivity index is 1.81. The largest absolute Gasteiger partial charge is 0.474 e. The number of hydrogen-bond donors (Lipinski definition) is 2. The summed E-state index contributed by atoms with van der Waals surface area (Å²) in [5.74, 6) is 0.653. The third kappa shape index (κ3) is 4.34. The van der Waals surface area contributed by atoms with Crippen LogP contribution in [0.4, 0.5) is 0 Å². The number of H-pyrrole nitrogens is 1. The lowest BCUT2D eigenvalue weighted by Crippen LogP contribution is -2.44. The van der Waals surface area contributed by atoms with Gasteiger partial charge in [-0.05, 0) is 54.2 Å². The molecule has 3 heterocycles. The van der Waals surface area contributed by atoms with E-state index >= 15 is 0 Å². The van der Waals surface area contributed by atoms with Crippen molar-refractivity contribution in [1.29, 1.82) is 0 Å². The summed E-state index contributed by atoms with van der Waals surface area (Å²) in [5.41, 5.74) is 4.78. The lowest BCUT2D eigenvalue weighted by molar-refractivity contribution is -0.870. The van der Waals surface area contributed by atoms with Gasteiger partial charge in [-0.2, -0.15) is 0 Å². The van der Waals surface area contributed by atoms with E-state index in [0.717, 1.165) is 46.3 Å². The van der Waals surface area contributed by atoms with E-state index in [1.807, 2.05) is 19.2 Å². The predicted molar refractivity (Wildman–Crippen MR) is 117 cm³/mol. The molecule has 30 heavy (non-hydrogen) atoms. The highest BCUT2D eigenvalue weighted by atomic mass is 32.2. The Hall–Kier alpha value is -2.45. The predicted octanol–water partition coefficient (Wildman–Crippen LogP) is 2.98. The standard InChI is InChI=1S/C22H28N4O3S/c1-15-11-19(18-9-10-23-21(18)26(15)28-2)20-12-16(14-25-30(3)27)13-24-22(20)29-17-7-5-4-6-8-17/h9-13,17,25H,4-8,14H2,1-3H3/p+1. The SMILES string of the molecule is CO[n+]1c(C)cc(-c2cc(CNS(C)=O)cnc2OC2CCCCC2)c2cc[nH]c21. The molecule has 3 aromatic rings. The number of nitrogens with one attached hydrogen (secondary N) is 2. The number of fused-ring (bicyclic) bond motifs is 1. The minimum absolute atomic E-state index is 0.201. The van der Waals surface area contributed by atoms with Crippen LogP contribution < -0.4 is 19.0 Å². The van der Waals surface area contributed by atoms with Crippen molar-refractivity contribution in [2.75, 3.05) is 13.4 Å². The summed E-state index contributed by atoms with van der Waals surface area (Å²) in [6.45, 7) is 2.49. The smallest absolute Gasteiger partial charge is 0.326 e. The third-order valence-electron chi connectivity index (χ3n) is 5.58. The summed E-state index contributed by atoms with van der Waals surface area (Å²) in [7, 11) is 0.570. The summed E-state index contributed by atoms with van der Waals surface area (Å²) in [6, 6.07) is 6.22. The fourth-order valence-electron chi connectivity index (χ4n) is 4.13. The van der Waals surface area contributed by atoms with Gasteiger partial charge in [0.25, 0.3) is 0 Å².